The first kappa shape index (κ1) is 23.7. The summed E-state index contributed by atoms with van der Waals surface area (Å²) in [6, 6.07) is 9.86. The van der Waals surface area contributed by atoms with E-state index in [-0.39, 0.29) is 12.2 Å². The average Bonchev–Trinajstić information content (AvgIpc) is 3.84. The summed E-state index contributed by atoms with van der Waals surface area (Å²) in [6.45, 7) is 3.01. The standard InChI is InChI=1S/C36H44O4/c1-3-31(35-11-21-5-22(12-35)7-23(6-21)13-35)34(40-20-28-18-38-28)30-2-4-32(33(29(1)30)39-19-27-17-37-27)36-14-24-8-25(15-36)10-26(9-24)16-36/h1-4,21-28H,5-20H2. The van der Waals surface area contributed by atoms with Gasteiger partial charge in [-0.1, -0.05) is 24.3 Å². The molecular weight excluding hydrogens is 496 g/mol. The Balaban J connectivity index is 1.13. The van der Waals surface area contributed by atoms with Crippen molar-refractivity contribution in [2.45, 2.75) is 100 Å². The third kappa shape index (κ3) is 3.70. The second-order valence-corrected chi connectivity index (χ2v) is 15.9. The Hall–Kier alpha value is -1.78. The predicted molar refractivity (Wildman–Crippen MR) is 154 cm³/mol. The molecule has 8 aliphatic carbocycles. The Morgan fingerprint density at radius 2 is 0.850 bits per heavy atom. The van der Waals surface area contributed by atoms with E-state index in [4.69, 9.17) is 18.9 Å². The zero-order chi connectivity index (χ0) is 26.1. The first-order chi connectivity index (χ1) is 19.6. The summed E-state index contributed by atoms with van der Waals surface area (Å²) < 4.78 is 24.9. The zero-order valence-corrected chi connectivity index (χ0v) is 23.9. The minimum atomic E-state index is 0.258. The van der Waals surface area contributed by atoms with Crippen LogP contribution in [-0.2, 0) is 20.3 Å². The van der Waals surface area contributed by atoms with Gasteiger partial charge in [0.15, 0.2) is 0 Å². The highest BCUT2D eigenvalue weighted by molar-refractivity contribution is 5.96. The van der Waals surface area contributed by atoms with Crippen molar-refractivity contribution < 1.29 is 18.9 Å². The molecule has 0 N–H and O–H groups in total. The molecule has 2 unspecified atom stereocenters. The van der Waals surface area contributed by atoms with Gasteiger partial charge in [0, 0.05) is 21.9 Å². The molecule has 4 heteroatoms. The molecule has 0 aromatic heterocycles. The smallest absolute Gasteiger partial charge is 0.131 e. The molecule has 40 heavy (non-hydrogen) atoms. The number of hydrogen-bond acceptors (Lipinski definition) is 4. The van der Waals surface area contributed by atoms with Gasteiger partial charge in [-0.2, -0.15) is 0 Å². The van der Waals surface area contributed by atoms with Crippen LogP contribution in [0.2, 0.25) is 0 Å². The third-order valence-electron chi connectivity index (χ3n) is 13.0. The molecule has 8 bridgehead atoms. The molecule has 0 spiro atoms. The molecule has 2 saturated heterocycles. The lowest BCUT2D eigenvalue weighted by molar-refractivity contribution is -0.00666. The van der Waals surface area contributed by atoms with Gasteiger partial charge >= 0.3 is 0 Å². The molecule has 12 rings (SSSR count). The molecule has 10 aliphatic rings. The SMILES string of the molecule is c1cc2c(OCC3CO3)c(C34CC5CC(CC(C5)C3)C4)ccc2c(OCC2CO2)c1C12CC3CC(CC(C3)C1)C2. The second kappa shape index (κ2) is 8.40. The summed E-state index contributed by atoms with van der Waals surface area (Å²) in [6.07, 6.45) is 17.5. The highest BCUT2D eigenvalue weighted by atomic mass is 16.6. The van der Waals surface area contributed by atoms with Crippen molar-refractivity contribution in [1.82, 2.24) is 0 Å². The lowest BCUT2D eigenvalue weighted by Gasteiger charge is -2.57. The molecule has 2 aromatic rings. The van der Waals surface area contributed by atoms with Crippen molar-refractivity contribution in [3.63, 3.8) is 0 Å². The lowest BCUT2D eigenvalue weighted by atomic mass is 9.47. The van der Waals surface area contributed by atoms with E-state index in [0.717, 1.165) is 60.2 Å². The third-order valence-corrected chi connectivity index (χ3v) is 13.0. The molecule has 2 aromatic carbocycles. The summed E-state index contributed by atoms with van der Waals surface area (Å²) >= 11 is 0. The Labute approximate surface area is 238 Å². The Kier molecular flexibility index (Phi) is 4.99. The Morgan fingerprint density at radius 1 is 0.525 bits per heavy atom. The average molecular weight is 541 g/mol. The van der Waals surface area contributed by atoms with Crippen LogP contribution in [-0.4, -0.2) is 38.6 Å². The monoisotopic (exact) mass is 540 g/mol. The highest BCUT2D eigenvalue weighted by Crippen LogP contribution is 2.64. The largest absolute Gasteiger partial charge is 0.490 e. The van der Waals surface area contributed by atoms with Gasteiger partial charge in [0.2, 0.25) is 0 Å². The van der Waals surface area contributed by atoms with Gasteiger partial charge < -0.3 is 18.9 Å². The first-order valence-electron chi connectivity index (χ1n) is 16.7. The fourth-order valence-corrected chi connectivity index (χ4v) is 12.1. The van der Waals surface area contributed by atoms with Crippen molar-refractivity contribution in [2.75, 3.05) is 26.4 Å². The number of fused-ring (bicyclic) bond motifs is 1. The summed E-state index contributed by atoms with van der Waals surface area (Å²) in [5.74, 6) is 7.79. The van der Waals surface area contributed by atoms with Gasteiger partial charge in [-0.25, -0.2) is 0 Å². The number of hydrogen-bond donors (Lipinski definition) is 0. The van der Waals surface area contributed by atoms with Gasteiger partial charge in [0.1, 0.15) is 36.9 Å². The number of epoxide rings is 2. The maximum atomic E-state index is 6.84. The van der Waals surface area contributed by atoms with Gasteiger partial charge in [0.05, 0.1) is 13.2 Å². The topological polar surface area (TPSA) is 43.5 Å². The van der Waals surface area contributed by atoms with Crippen molar-refractivity contribution in [3.05, 3.63) is 35.4 Å². The minimum absolute atomic E-state index is 0.258. The molecule has 0 radical (unpaired) electrons. The number of ether oxygens (including phenoxy) is 4. The Morgan fingerprint density at radius 3 is 1.15 bits per heavy atom. The summed E-state index contributed by atoms with van der Waals surface area (Å²) in [5.41, 5.74) is 3.59. The van der Waals surface area contributed by atoms with Crippen molar-refractivity contribution >= 4 is 10.8 Å². The van der Waals surface area contributed by atoms with E-state index in [9.17, 15) is 0 Å². The summed E-state index contributed by atoms with van der Waals surface area (Å²) in [4.78, 5) is 0. The van der Waals surface area contributed by atoms with Crippen LogP contribution >= 0.6 is 0 Å². The molecule has 2 aliphatic heterocycles. The van der Waals surface area contributed by atoms with Crippen LogP contribution in [0.25, 0.3) is 10.8 Å². The first-order valence-corrected chi connectivity index (χ1v) is 16.7. The van der Waals surface area contributed by atoms with Gasteiger partial charge in [-0.15, -0.1) is 0 Å². The number of benzene rings is 2. The normalized spacial score (nSPS) is 45.3. The fraction of sp³-hybridized carbons (Fsp3) is 0.722. The van der Waals surface area contributed by atoms with Crippen molar-refractivity contribution in [1.29, 1.82) is 0 Å². The van der Waals surface area contributed by atoms with E-state index < -0.39 is 0 Å². The van der Waals surface area contributed by atoms with Gasteiger partial charge in [-0.3, -0.25) is 0 Å². The second-order valence-electron chi connectivity index (χ2n) is 15.9. The lowest BCUT2D eigenvalue weighted by Crippen LogP contribution is -2.48. The fourth-order valence-electron chi connectivity index (χ4n) is 12.1. The number of rotatable bonds is 8. The van der Waals surface area contributed by atoms with E-state index in [1.54, 1.807) is 0 Å². The van der Waals surface area contributed by atoms with Crippen LogP contribution in [0, 0.1) is 35.5 Å². The van der Waals surface area contributed by atoms with E-state index in [0.29, 0.717) is 24.0 Å². The summed E-state index contributed by atoms with van der Waals surface area (Å²) in [7, 11) is 0. The Bertz CT molecular complexity index is 1180. The van der Waals surface area contributed by atoms with E-state index >= 15 is 0 Å². The van der Waals surface area contributed by atoms with Crippen LogP contribution in [0.3, 0.4) is 0 Å². The van der Waals surface area contributed by atoms with Gasteiger partial charge in [-0.05, 0) is 123 Å². The van der Waals surface area contributed by atoms with E-state index in [1.807, 2.05) is 0 Å². The molecule has 2 heterocycles. The predicted octanol–water partition coefficient (Wildman–Crippen LogP) is 7.33. The van der Waals surface area contributed by atoms with Crippen molar-refractivity contribution in [2.24, 2.45) is 35.5 Å². The van der Waals surface area contributed by atoms with Crippen LogP contribution in [0.4, 0.5) is 0 Å². The van der Waals surface area contributed by atoms with Crippen LogP contribution in [0.15, 0.2) is 24.3 Å². The minimum Gasteiger partial charge on any atom is -0.490 e. The maximum Gasteiger partial charge on any atom is 0.131 e. The van der Waals surface area contributed by atoms with E-state index in [2.05, 4.69) is 24.3 Å². The molecule has 212 valence electrons. The van der Waals surface area contributed by atoms with Crippen molar-refractivity contribution in [3.8, 4) is 11.5 Å². The van der Waals surface area contributed by atoms with Crippen LogP contribution in [0.1, 0.15) is 88.2 Å². The summed E-state index contributed by atoms with van der Waals surface area (Å²) in [5, 5.41) is 2.54. The molecule has 4 nitrogen and oxygen atoms in total. The highest BCUT2D eigenvalue weighted by Gasteiger charge is 2.54. The molecule has 10 fully saturated rings. The molecular formula is C36H44O4. The molecule has 0 amide bonds. The molecule has 2 atom stereocenters. The van der Waals surface area contributed by atoms with Crippen LogP contribution in [0.5, 0.6) is 11.5 Å². The molecule has 8 saturated carbocycles. The van der Waals surface area contributed by atoms with Crippen LogP contribution < -0.4 is 9.47 Å². The van der Waals surface area contributed by atoms with E-state index in [1.165, 1.54) is 98.9 Å². The quantitative estimate of drug-likeness (QED) is 0.329. The zero-order valence-electron chi connectivity index (χ0n) is 23.9. The van der Waals surface area contributed by atoms with Gasteiger partial charge in [0.25, 0.3) is 0 Å². The maximum absolute atomic E-state index is 6.84.